The van der Waals surface area contributed by atoms with E-state index in [1.807, 2.05) is 0 Å². The molecule has 1 aromatic rings. The number of rotatable bonds is 5. The van der Waals surface area contributed by atoms with E-state index in [9.17, 15) is 13.6 Å². The second kappa shape index (κ2) is 7.10. The predicted octanol–water partition coefficient (Wildman–Crippen LogP) is 3.06. The van der Waals surface area contributed by atoms with Crippen LogP contribution < -0.4 is 15.4 Å². The second-order valence-electron chi connectivity index (χ2n) is 6.33. The summed E-state index contributed by atoms with van der Waals surface area (Å²) in [6.07, 6.45) is 7.41. The van der Waals surface area contributed by atoms with Crippen molar-refractivity contribution >= 4 is 6.03 Å². The van der Waals surface area contributed by atoms with Crippen LogP contribution in [0, 0.1) is 11.8 Å². The second-order valence-corrected chi connectivity index (χ2v) is 6.33. The van der Waals surface area contributed by atoms with Crippen molar-refractivity contribution in [3.63, 3.8) is 0 Å². The minimum Gasteiger partial charge on any atom is -0.417 e. The van der Waals surface area contributed by atoms with Crippen LogP contribution in [-0.2, 0) is 6.54 Å². The lowest BCUT2D eigenvalue weighted by Gasteiger charge is -2.14. The Balaban J connectivity index is 1.44. The summed E-state index contributed by atoms with van der Waals surface area (Å²) in [5, 5.41) is 5.76. The van der Waals surface area contributed by atoms with Crippen LogP contribution in [0.3, 0.4) is 0 Å². The Labute approximate surface area is 133 Å². The minimum atomic E-state index is -2.91. The molecule has 7 heteroatoms. The van der Waals surface area contributed by atoms with Gasteiger partial charge in [0.1, 0.15) is 0 Å². The molecule has 23 heavy (non-hydrogen) atoms. The lowest BCUT2D eigenvalue weighted by atomic mass is 10.0. The molecular weight excluding hydrogens is 304 g/mol. The standard InChI is InChI=1S/C16H21F2N3O2/c17-15(18)23-14-6-10(4-5-19-14)9-20-16(22)21-13-7-11-2-1-3-12(11)8-13/h4-6,11-13,15H,1-3,7-9H2,(H2,20,21,22)/t11-,12+,13+. The van der Waals surface area contributed by atoms with Gasteiger partial charge in [-0.1, -0.05) is 19.3 Å². The van der Waals surface area contributed by atoms with Gasteiger partial charge in [0, 0.05) is 24.8 Å². The van der Waals surface area contributed by atoms with Crippen molar-refractivity contribution in [1.29, 1.82) is 0 Å². The summed E-state index contributed by atoms with van der Waals surface area (Å²) in [6.45, 7) is -2.66. The van der Waals surface area contributed by atoms with Gasteiger partial charge >= 0.3 is 12.6 Å². The highest BCUT2D eigenvalue weighted by Gasteiger charge is 2.37. The molecule has 0 radical (unpaired) electrons. The van der Waals surface area contributed by atoms with Gasteiger partial charge in [-0.2, -0.15) is 8.78 Å². The minimum absolute atomic E-state index is 0.150. The van der Waals surface area contributed by atoms with E-state index in [0.717, 1.165) is 24.7 Å². The molecule has 1 heterocycles. The van der Waals surface area contributed by atoms with E-state index in [4.69, 9.17) is 0 Å². The number of nitrogens with zero attached hydrogens (tertiary/aromatic N) is 1. The molecule has 0 aromatic carbocycles. The van der Waals surface area contributed by atoms with Crippen LogP contribution in [0.1, 0.15) is 37.7 Å². The van der Waals surface area contributed by atoms with Gasteiger partial charge in [-0.05, 0) is 36.3 Å². The third-order valence-electron chi connectivity index (χ3n) is 4.79. The highest BCUT2D eigenvalue weighted by Crippen LogP contribution is 2.43. The van der Waals surface area contributed by atoms with Gasteiger partial charge in [0.05, 0.1) is 0 Å². The number of hydrogen-bond donors (Lipinski definition) is 2. The number of hydrogen-bond acceptors (Lipinski definition) is 3. The lowest BCUT2D eigenvalue weighted by molar-refractivity contribution is -0.0529. The fourth-order valence-electron chi connectivity index (χ4n) is 3.81. The van der Waals surface area contributed by atoms with E-state index in [-0.39, 0.29) is 24.5 Å². The Hall–Kier alpha value is -1.92. The van der Waals surface area contributed by atoms with Crippen molar-refractivity contribution in [2.75, 3.05) is 0 Å². The third-order valence-corrected chi connectivity index (χ3v) is 4.79. The van der Waals surface area contributed by atoms with Crippen LogP contribution >= 0.6 is 0 Å². The molecule has 126 valence electrons. The molecule has 3 rings (SSSR count). The summed E-state index contributed by atoms with van der Waals surface area (Å²) < 4.78 is 28.5. The fourth-order valence-corrected chi connectivity index (χ4v) is 3.81. The number of fused-ring (bicyclic) bond motifs is 1. The molecular formula is C16H21F2N3O2. The quantitative estimate of drug-likeness (QED) is 0.874. The number of urea groups is 1. The average molecular weight is 325 g/mol. The molecule has 1 aromatic heterocycles. The number of aromatic nitrogens is 1. The Morgan fingerprint density at radius 1 is 1.35 bits per heavy atom. The molecule has 0 spiro atoms. The summed E-state index contributed by atoms with van der Waals surface area (Å²) >= 11 is 0. The first kappa shape index (κ1) is 16.0. The first-order valence-corrected chi connectivity index (χ1v) is 8.04. The maximum absolute atomic E-state index is 12.1. The lowest BCUT2D eigenvalue weighted by Crippen LogP contribution is -2.40. The normalized spacial score (nSPS) is 26.1. The molecule has 0 unspecified atom stereocenters. The highest BCUT2D eigenvalue weighted by molar-refractivity contribution is 5.74. The van der Waals surface area contributed by atoms with E-state index in [1.54, 1.807) is 6.07 Å². The maximum atomic E-state index is 12.1. The SMILES string of the molecule is O=C(NCc1ccnc(OC(F)F)c1)N[C@H]1C[C@H]2CCC[C@H]2C1. The largest absolute Gasteiger partial charge is 0.417 e. The van der Waals surface area contributed by atoms with Gasteiger partial charge in [-0.3, -0.25) is 0 Å². The van der Waals surface area contributed by atoms with Crippen LogP contribution in [-0.4, -0.2) is 23.7 Å². The molecule has 0 aliphatic heterocycles. The Morgan fingerprint density at radius 2 is 2.09 bits per heavy atom. The molecule has 0 bridgehead atoms. The van der Waals surface area contributed by atoms with E-state index in [2.05, 4.69) is 20.4 Å². The van der Waals surface area contributed by atoms with Crippen molar-refractivity contribution in [2.45, 2.75) is 51.3 Å². The molecule has 2 aliphatic carbocycles. The van der Waals surface area contributed by atoms with Gasteiger partial charge in [0.25, 0.3) is 0 Å². The van der Waals surface area contributed by atoms with Crippen molar-refractivity contribution < 1.29 is 18.3 Å². The number of carbonyl (C=O) groups excluding carboxylic acids is 1. The number of carbonyl (C=O) groups is 1. The highest BCUT2D eigenvalue weighted by atomic mass is 19.3. The summed E-state index contributed by atoms with van der Waals surface area (Å²) in [5.74, 6) is 1.40. The van der Waals surface area contributed by atoms with Gasteiger partial charge < -0.3 is 15.4 Å². The molecule has 2 saturated carbocycles. The fraction of sp³-hybridized carbons (Fsp3) is 0.625. The average Bonchev–Trinajstić information content (AvgIpc) is 3.06. The van der Waals surface area contributed by atoms with Crippen molar-refractivity contribution in [2.24, 2.45) is 11.8 Å². The van der Waals surface area contributed by atoms with E-state index < -0.39 is 6.61 Å². The number of amides is 2. The van der Waals surface area contributed by atoms with Crippen LogP contribution in [0.5, 0.6) is 5.88 Å². The third kappa shape index (κ3) is 4.30. The smallest absolute Gasteiger partial charge is 0.388 e. The van der Waals surface area contributed by atoms with Crippen LogP contribution in [0.25, 0.3) is 0 Å². The zero-order valence-electron chi connectivity index (χ0n) is 12.8. The van der Waals surface area contributed by atoms with E-state index in [0.29, 0.717) is 5.56 Å². The van der Waals surface area contributed by atoms with E-state index >= 15 is 0 Å². The summed E-state index contributed by atoms with van der Waals surface area (Å²) in [6, 6.07) is 3.08. The predicted molar refractivity (Wildman–Crippen MR) is 80.1 cm³/mol. The number of halogens is 2. The van der Waals surface area contributed by atoms with Gasteiger partial charge in [-0.25, -0.2) is 9.78 Å². The zero-order valence-corrected chi connectivity index (χ0v) is 12.8. The summed E-state index contributed by atoms with van der Waals surface area (Å²) in [4.78, 5) is 15.7. The molecule has 2 N–H and O–H groups in total. The number of alkyl halides is 2. The van der Waals surface area contributed by atoms with Crippen LogP contribution in [0.15, 0.2) is 18.3 Å². The number of ether oxygens (including phenoxy) is 1. The van der Waals surface area contributed by atoms with Gasteiger partial charge in [0.15, 0.2) is 0 Å². The molecule has 2 aliphatic rings. The molecule has 0 saturated heterocycles. The molecule has 3 atom stereocenters. The zero-order chi connectivity index (χ0) is 16.2. The first-order chi connectivity index (χ1) is 11.1. The monoisotopic (exact) mass is 325 g/mol. The molecule has 2 fully saturated rings. The van der Waals surface area contributed by atoms with Gasteiger partial charge in [0.2, 0.25) is 5.88 Å². The number of nitrogens with one attached hydrogen (secondary N) is 2. The Bertz CT molecular complexity index is 544. The maximum Gasteiger partial charge on any atom is 0.388 e. The van der Waals surface area contributed by atoms with Crippen molar-refractivity contribution in [3.8, 4) is 5.88 Å². The molecule has 2 amide bonds. The van der Waals surface area contributed by atoms with Gasteiger partial charge in [-0.15, -0.1) is 0 Å². The topological polar surface area (TPSA) is 63.2 Å². The van der Waals surface area contributed by atoms with Crippen molar-refractivity contribution in [1.82, 2.24) is 15.6 Å². The molecule has 5 nitrogen and oxygen atoms in total. The number of pyridine rings is 1. The van der Waals surface area contributed by atoms with E-state index in [1.165, 1.54) is 31.5 Å². The van der Waals surface area contributed by atoms with Crippen LogP contribution in [0.2, 0.25) is 0 Å². The first-order valence-electron chi connectivity index (χ1n) is 8.04. The van der Waals surface area contributed by atoms with Crippen molar-refractivity contribution in [3.05, 3.63) is 23.9 Å². The Morgan fingerprint density at radius 3 is 2.78 bits per heavy atom. The Kier molecular flexibility index (Phi) is 4.93. The van der Waals surface area contributed by atoms with Crippen LogP contribution in [0.4, 0.5) is 13.6 Å². The summed E-state index contributed by atoms with van der Waals surface area (Å²) in [5.41, 5.74) is 0.661. The summed E-state index contributed by atoms with van der Waals surface area (Å²) in [7, 11) is 0.